The van der Waals surface area contributed by atoms with Crippen LogP contribution in [0.3, 0.4) is 0 Å². The third-order valence-electron chi connectivity index (χ3n) is 6.51. The summed E-state index contributed by atoms with van der Waals surface area (Å²) in [5.41, 5.74) is 2.00. The molecule has 4 rings (SSSR count). The molecule has 1 aromatic heterocycles. The smallest absolute Gasteiger partial charge is 0.328 e. The minimum Gasteiger partial charge on any atom is -0.480 e. The SMILES string of the molecule is CC(C)(NC(=O)[C@H]1CC[C@@H](c2ccc(NC(=O)c3cc(-c4ccccc4)no3)cc2)CC1)C(=O)O. The van der Waals surface area contributed by atoms with Crippen LogP contribution in [0.25, 0.3) is 11.3 Å². The molecule has 35 heavy (non-hydrogen) atoms. The molecule has 3 aromatic rings. The van der Waals surface area contributed by atoms with Gasteiger partial charge in [0.25, 0.3) is 5.91 Å². The van der Waals surface area contributed by atoms with Gasteiger partial charge in [0.1, 0.15) is 11.2 Å². The van der Waals surface area contributed by atoms with E-state index < -0.39 is 11.5 Å². The van der Waals surface area contributed by atoms with E-state index in [0.717, 1.165) is 24.0 Å². The fraction of sp³-hybridized carbons (Fsp3) is 0.333. The molecule has 8 heteroatoms. The number of carbonyl (C=O) groups excluding carboxylic acids is 2. The van der Waals surface area contributed by atoms with Gasteiger partial charge >= 0.3 is 5.97 Å². The highest BCUT2D eigenvalue weighted by atomic mass is 16.5. The largest absolute Gasteiger partial charge is 0.480 e. The number of rotatable bonds is 7. The zero-order chi connectivity index (χ0) is 25.0. The molecule has 0 spiro atoms. The van der Waals surface area contributed by atoms with Gasteiger partial charge < -0.3 is 20.3 Å². The van der Waals surface area contributed by atoms with E-state index in [0.29, 0.717) is 30.1 Å². The number of aromatic nitrogens is 1. The van der Waals surface area contributed by atoms with Gasteiger partial charge in [-0.05, 0) is 63.1 Å². The summed E-state index contributed by atoms with van der Waals surface area (Å²) < 4.78 is 5.22. The number of nitrogens with one attached hydrogen (secondary N) is 2. The second-order valence-corrected chi connectivity index (χ2v) is 9.49. The third-order valence-corrected chi connectivity index (χ3v) is 6.51. The maximum absolute atomic E-state index is 12.6. The highest BCUT2D eigenvalue weighted by molar-refractivity contribution is 6.02. The van der Waals surface area contributed by atoms with Crippen molar-refractivity contribution in [3.63, 3.8) is 0 Å². The molecule has 1 aliphatic carbocycles. The quantitative estimate of drug-likeness (QED) is 0.449. The molecule has 2 amide bonds. The second kappa shape index (κ2) is 10.1. The molecule has 1 fully saturated rings. The standard InChI is InChI=1S/C27H29N3O5/c1-27(2,26(33)34)29-24(31)20-10-8-17(9-11-20)18-12-14-21(15-13-18)28-25(32)23-16-22(30-35-23)19-6-4-3-5-7-19/h3-7,12-17,20H,8-11H2,1-2H3,(H,28,32)(H,29,31)(H,33,34)/t17-,20+. The van der Waals surface area contributed by atoms with Gasteiger partial charge in [-0.3, -0.25) is 9.59 Å². The first kappa shape index (κ1) is 24.2. The lowest BCUT2D eigenvalue weighted by molar-refractivity contribution is -0.146. The minimum absolute atomic E-state index is 0.135. The van der Waals surface area contributed by atoms with Gasteiger partial charge in [0.05, 0.1) is 0 Å². The first-order valence-electron chi connectivity index (χ1n) is 11.7. The monoisotopic (exact) mass is 475 g/mol. The van der Waals surface area contributed by atoms with Crippen LogP contribution in [0.1, 0.15) is 61.6 Å². The van der Waals surface area contributed by atoms with Crippen molar-refractivity contribution >= 4 is 23.5 Å². The van der Waals surface area contributed by atoms with E-state index in [9.17, 15) is 19.5 Å². The van der Waals surface area contributed by atoms with Crippen LogP contribution in [-0.2, 0) is 9.59 Å². The summed E-state index contributed by atoms with van der Waals surface area (Å²) in [6.45, 7) is 2.98. The summed E-state index contributed by atoms with van der Waals surface area (Å²) in [5, 5.41) is 18.7. The molecular weight excluding hydrogens is 446 g/mol. The number of anilines is 1. The van der Waals surface area contributed by atoms with E-state index >= 15 is 0 Å². The first-order chi connectivity index (χ1) is 16.7. The molecule has 2 aromatic carbocycles. The molecule has 1 heterocycles. The number of nitrogens with zero attached hydrogens (tertiary/aromatic N) is 1. The molecule has 0 bridgehead atoms. The third kappa shape index (κ3) is 5.77. The van der Waals surface area contributed by atoms with E-state index in [1.807, 2.05) is 54.6 Å². The number of carboxylic acids is 1. The molecule has 1 aliphatic rings. The fourth-order valence-electron chi connectivity index (χ4n) is 4.31. The molecule has 0 saturated heterocycles. The summed E-state index contributed by atoms with van der Waals surface area (Å²) in [6.07, 6.45) is 3.11. The van der Waals surface area contributed by atoms with Gasteiger partial charge in [-0.2, -0.15) is 0 Å². The van der Waals surface area contributed by atoms with Crippen molar-refractivity contribution in [3.05, 3.63) is 72.0 Å². The van der Waals surface area contributed by atoms with Gasteiger partial charge in [-0.1, -0.05) is 47.6 Å². The van der Waals surface area contributed by atoms with Gasteiger partial charge in [0.2, 0.25) is 11.7 Å². The van der Waals surface area contributed by atoms with Crippen molar-refractivity contribution < 1.29 is 24.0 Å². The second-order valence-electron chi connectivity index (χ2n) is 9.49. The highest BCUT2D eigenvalue weighted by Gasteiger charge is 2.33. The average molecular weight is 476 g/mol. The van der Waals surface area contributed by atoms with Crippen molar-refractivity contribution in [1.29, 1.82) is 0 Å². The normalized spacial score (nSPS) is 18.0. The number of hydrogen-bond donors (Lipinski definition) is 3. The zero-order valence-electron chi connectivity index (χ0n) is 19.8. The molecule has 0 unspecified atom stereocenters. The molecule has 0 atom stereocenters. The molecule has 1 saturated carbocycles. The predicted octanol–water partition coefficient (Wildman–Crippen LogP) is 4.85. The summed E-state index contributed by atoms with van der Waals surface area (Å²) in [4.78, 5) is 36.3. The van der Waals surface area contributed by atoms with Crippen LogP contribution >= 0.6 is 0 Å². The predicted molar refractivity (Wildman–Crippen MR) is 131 cm³/mol. The molecule has 182 valence electrons. The number of benzene rings is 2. The number of aliphatic carboxylic acids is 1. The Kier molecular flexibility index (Phi) is 7.00. The van der Waals surface area contributed by atoms with E-state index in [-0.39, 0.29) is 23.5 Å². The number of carbonyl (C=O) groups is 3. The van der Waals surface area contributed by atoms with E-state index in [2.05, 4.69) is 15.8 Å². The molecule has 3 N–H and O–H groups in total. The number of hydrogen-bond acceptors (Lipinski definition) is 5. The molecule has 0 radical (unpaired) electrons. The van der Waals surface area contributed by atoms with Crippen LogP contribution in [0.2, 0.25) is 0 Å². The van der Waals surface area contributed by atoms with Crippen molar-refractivity contribution in [3.8, 4) is 11.3 Å². The van der Waals surface area contributed by atoms with Gasteiger partial charge in [0, 0.05) is 23.2 Å². The number of amides is 2. The summed E-state index contributed by atoms with van der Waals surface area (Å²) >= 11 is 0. The van der Waals surface area contributed by atoms with Crippen molar-refractivity contribution in [2.75, 3.05) is 5.32 Å². The fourth-order valence-corrected chi connectivity index (χ4v) is 4.31. The maximum Gasteiger partial charge on any atom is 0.328 e. The van der Waals surface area contributed by atoms with Crippen LogP contribution in [-0.4, -0.2) is 33.6 Å². The Morgan fingerprint density at radius 1 is 0.971 bits per heavy atom. The minimum atomic E-state index is -1.27. The Labute approximate surface area is 203 Å². The van der Waals surface area contributed by atoms with Crippen molar-refractivity contribution in [2.24, 2.45) is 5.92 Å². The molecule has 8 nitrogen and oxygen atoms in total. The summed E-state index contributed by atoms with van der Waals surface area (Å²) in [5.74, 6) is -1.34. The van der Waals surface area contributed by atoms with Crippen LogP contribution < -0.4 is 10.6 Å². The lowest BCUT2D eigenvalue weighted by Gasteiger charge is -2.30. The van der Waals surface area contributed by atoms with Crippen LogP contribution in [0.4, 0.5) is 5.69 Å². The van der Waals surface area contributed by atoms with Crippen LogP contribution in [0.15, 0.2) is 65.2 Å². The molecule has 0 aliphatic heterocycles. The van der Waals surface area contributed by atoms with Crippen molar-refractivity contribution in [2.45, 2.75) is 51.0 Å². The van der Waals surface area contributed by atoms with Crippen molar-refractivity contribution in [1.82, 2.24) is 10.5 Å². The zero-order valence-corrected chi connectivity index (χ0v) is 19.8. The Hall–Kier alpha value is -3.94. The molecular formula is C27H29N3O5. The van der Waals surface area contributed by atoms with Gasteiger partial charge in [-0.15, -0.1) is 0 Å². The van der Waals surface area contributed by atoms with E-state index in [1.54, 1.807) is 6.07 Å². The van der Waals surface area contributed by atoms with Crippen LogP contribution in [0, 0.1) is 5.92 Å². The Balaban J connectivity index is 1.30. The highest BCUT2D eigenvalue weighted by Crippen LogP contribution is 2.36. The van der Waals surface area contributed by atoms with Gasteiger partial charge in [0.15, 0.2) is 0 Å². The Morgan fingerprint density at radius 2 is 1.63 bits per heavy atom. The first-order valence-corrected chi connectivity index (χ1v) is 11.7. The maximum atomic E-state index is 12.6. The Morgan fingerprint density at radius 3 is 2.26 bits per heavy atom. The lowest BCUT2D eigenvalue weighted by atomic mass is 9.78. The van der Waals surface area contributed by atoms with E-state index in [1.165, 1.54) is 13.8 Å². The Bertz CT molecular complexity index is 1190. The van der Waals surface area contributed by atoms with Gasteiger partial charge in [-0.25, -0.2) is 4.79 Å². The van der Waals surface area contributed by atoms with E-state index in [4.69, 9.17) is 4.52 Å². The summed E-state index contributed by atoms with van der Waals surface area (Å²) in [6, 6.07) is 18.8. The van der Waals surface area contributed by atoms with Crippen LogP contribution in [0.5, 0.6) is 0 Å². The topological polar surface area (TPSA) is 122 Å². The average Bonchev–Trinajstić information content (AvgIpc) is 3.35. The number of carboxylic acid groups (broad SMARTS) is 1. The lowest BCUT2D eigenvalue weighted by Crippen LogP contribution is -2.51. The summed E-state index contributed by atoms with van der Waals surface area (Å²) in [7, 11) is 0.